The fraction of sp³-hybridized carbons (Fsp3) is 0.875. The van der Waals surface area contributed by atoms with Gasteiger partial charge in [-0.05, 0) is 42.3 Å². The molecule has 0 saturated carbocycles. The molecule has 0 amide bonds. The summed E-state index contributed by atoms with van der Waals surface area (Å²) in [4.78, 5) is 0. The Balaban J connectivity index is 1.79. The average Bonchev–Trinajstić information content (AvgIpc) is 2.63. The van der Waals surface area contributed by atoms with Crippen LogP contribution in [0.15, 0.2) is 0 Å². The lowest BCUT2D eigenvalue weighted by Gasteiger charge is -2.22. The molecule has 0 atom stereocenters. The molecule has 6 heteroatoms. The molecule has 1 saturated heterocycles. The number of nitrogens with one attached hydrogen (secondary N) is 2. The average molecular weight is 196 g/mol. The van der Waals surface area contributed by atoms with Gasteiger partial charge in [-0.15, -0.1) is 0 Å². The van der Waals surface area contributed by atoms with E-state index in [9.17, 15) is 0 Å². The molecule has 1 fully saturated rings. The molecule has 1 aliphatic heterocycles. The maximum Gasteiger partial charge on any atom is 0.242 e. The molecule has 14 heavy (non-hydrogen) atoms. The summed E-state index contributed by atoms with van der Waals surface area (Å²) in [7, 11) is 1.84. The molecular formula is C8H16N6. The van der Waals surface area contributed by atoms with Gasteiger partial charge in [0.05, 0.1) is 0 Å². The maximum absolute atomic E-state index is 3.88. The van der Waals surface area contributed by atoms with E-state index < -0.39 is 0 Å². The van der Waals surface area contributed by atoms with E-state index in [0.717, 1.165) is 31.5 Å². The summed E-state index contributed by atoms with van der Waals surface area (Å²) in [5, 5.41) is 17.8. The number of tetrazole rings is 1. The van der Waals surface area contributed by atoms with Gasteiger partial charge in [-0.2, -0.15) is 0 Å². The van der Waals surface area contributed by atoms with Crippen molar-refractivity contribution in [1.29, 1.82) is 0 Å². The Kier molecular flexibility index (Phi) is 2.93. The van der Waals surface area contributed by atoms with E-state index in [1.807, 2.05) is 7.05 Å². The van der Waals surface area contributed by atoms with Crippen molar-refractivity contribution < 1.29 is 0 Å². The Morgan fingerprint density at radius 2 is 2.29 bits per heavy atom. The summed E-state index contributed by atoms with van der Waals surface area (Å²) in [6, 6.07) is 0. The second-order valence-corrected chi connectivity index (χ2v) is 3.70. The zero-order valence-electron chi connectivity index (χ0n) is 8.40. The molecule has 0 aromatic carbocycles. The summed E-state index contributed by atoms with van der Waals surface area (Å²) in [5.41, 5.74) is 0. The van der Waals surface area contributed by atoms with Crippen LogP contribution in [0, 0.1) is 5.92 Å². The Morgan fingerprint density at radius 3 is 2.93 bits per heavy atom. The number of anilines is 1. The summed E-state index contributed by atoms with van der Waals surface area (Å²) >= 11 is 0. The van der Waals surface area contributed by atoms with E-state index in [1.54, 1.807) is 4.68 Å². The molecule has 78 valence electrons. The van der Waals surface area contributed by atoms with Gasteiger partial charge in [0, 0.05) is 13.6 Å². The van der Waals surface area contributed by atoms with Crippen molar-refractivity contribution in [2.24, 2.45) is 13.0 Å². The third-order valence-electron chi connectivity index (χ3n) is 2.63. The Labute approximate surface area is 83.1 Å². The van der Waals surface area contributed by atoms with Crippen LogP contribution in [0.3, 0.4) is 0 Å². The number of aryl methyl sites for hydroxylation is 1. The van der Waals surface area contributed by atoms with Gasteiger partial charge in [0.1, 0.15) is 0 Å². The normalized spacial score (nSPS) is 18.4. The number of hydrogen-bond donors (Lipinski definition) is 2. The summed E-state index contributed by atoms with van der Waals surface area (Å²) < 4.78 is 1.65. The second-order valence-electron chi connectivity index (χ2n) is 3.70. The van der Waals surface area contributed by atoms with Gasteiger partial charge in [-0.3, -0.25) is 0 Å². The number of piperidine rings is 1. The third kappa shape index (κ3) is 2.20. The molecule has 6 nitrogen and oxygen atoms in total. The highest BCUT2D eigenvalue weighted by Gasteiger charge is 2.13. The van der Waals surface area contributed by atoms with Gasteiger partial charge in [0.15, 0.2) is 0 Å². The van der Waals surface area contributed by atoms with Crippen molar-refractivity contribution in [2.75, 3.05) is 25.0 Å². The second kappa shape index (κ2) is 4.36. The number of rotatable bonds is 3. The molecule has 2 N–H and O–H groups in total. The molecule has 0 bridgehead atoms. The summed E-state index contributed by atoms with van der Waals surface area (Å²) in [6.07, 6.45) is 2.47. The largest absolute Gasteiger partial charge is 0.353 e. The first kappa shape index (κ1) is 9.39. The third-order valence-corrected chi connectivity index (χ3v) is 2.63. The zero-order chi connectivity index (χ0) is 9.80. The van der Waals surface area contributed by atoms with E-state index in [0.29, 0.717) is 0 Å². The lowest BCUT2D eigenvalue weighted by atomic mass is 9.98. The maximum atomic E-state index is 3.88. The molecule has 0 radical (unpaired) electrons. The minimum Gasteiger partial charge on any atom is -0.353 e. The Morgan fingerprint density at radius 1 is 1.50 bits per heavy atom. The number of aromatic nitrogens is 4. The Hall–Kier alpha value is -1.17. The first-order valence-corrected chi connectivity index (χ1v) is 5.03. The highest BCUT2D eigenvalue weighted by Crippen LogP contribution is 2.11. The molecule has 1 aromatic heterocycles. The standard InChI is InChI=1S/C8H16N6/c1-14-8(11-12-13-14)10-6-7-2-4-9-5-3-7/h7,9H,2-6H2,1H3,(H,10,11,13). The van der Waals surface area contributed by atoms with Gasteiger partial charge in [-0.1, -0.05) is 5.10 Å². The predicted octanol–water partition coefficient (Wildman–Crippen LogP) is -0.378. The highest BCUT2D eigenvalue weighted by molar-refractivity contribution is 5.20. The fourth-order valence-electron chi connectivity index (χ4n) is 1.70. The molecule has 1 aromatic rings. The van der Waals surface area contributed by atoms with Gasteiger partial charge in [0.25, 0.3) is 0 Å². The van der Waals surface area contributed by atoms with Crippen LogP contribution < -0.4 is 10.6 Å². The van der Waals surface area contributed by atoms with Gasteiger partial charge in [-0.25, -0.2) is 4.68 Å². The van der Waals surface area contributed by atoms with Gasteiger partial charge < -0.3 is 10.6 Å². The Bertz CT molecular complexity index is 277. The lowest BCUT2D eigenvalue weighted by molar-refractivity contribution is 0.389. The van der Waals surface area contributed by atoms with Crippen molar-refractivity contribution in [3.8, 4) is 0 Å². The number of hydrogen-bond acceptors (Lipinski definition) is 5. The quantitative estimate of drug-likeness (QED) is 0.690. The minimum absolute atomic E-state index is 0.743. The van der Waals surface area contributed by atoms with Crippen molar-refractivity contribution >= 4 is 5.95 Å². The van der Waals surface area contributed by atoms with Crippen LogP contribution in [-0.2, 0) is 7.05 Å². The van der Waals surface area contributed by atoms with Crippen molar-refractivity contribution in [2.45, 2.75) is 12.8 Å². The van der Waals surface area contributed by atoms with Crippen LogP contribution in [0.5, 0.6) is 0 Å². The fourth-order valence-corrected chi connectivity index (χ4v) is 1.70. The molecule has 0 spiro atoms. The van der Waals surface area contributed by atoms with Crippen molar-refractivity contribution in [3.63, 3.8) is 0 Å². The van der Waals surface area contributed by atoms with Gasteiger partial charge in [0.2, 0.25) is 5.95 Å². The van der Waals surface area contributed by atoms with Crippen LogP contribution in [0.1, 0.15) is 12.8 Å². The van der Waals surface area contributed by atoms with Crippen LogP contribution in [0.4, 0.5) is 5.95 Å². The summed E-state index contributed by atoms with van der Waals surface area (Å²) in [6.45, 7) is 3.22. The van der Waals surface area contributed by atoms with Crippen molar-refractivity contribution in [1.82, 2.24) is 25.5 Å². The monoisotopic (exact) mass is 196 g/mol. The van der Waals surface area contributed by atoms with E-state index in [-0.39, 0.29) is 0 Å². The van der Waals surface area contributed by atoms with Crippen LogP contribution in [-0.4, -0.2) is 39.8 Å². The lowest BCUT2D eigenvalue weighted by Crippen LogP contribution is -2.31. The molecular weight excluding hydrogens is 180 g/mol. The molecule has 2 rings (SSSR count). The van der Waals surface area contributed by atoms with E-state index >= 15 is 0 Å². The molecule has 2 heterocycles. The van der Waals surface area contributed by atoms with Crippen LogP contribution in [0.25, 0.3) is 0 Å². The minimum atomic E-state index is 0.743. The molecule has 0 aliphatic carbocycles. The van der Waals surface area contributed by atoms with Crippen LogP contribution in [0.2, 0.25) is 0 Å². The van der Waals surface area contributed by atoms with E-state index in [2.05, 4.69) is 26.2 Å². The van der Waals surface area contributed by atoms with E-state index in [1.165, 1.54) is 12.8 Å². The molecule has 0 unspecified atom stereocenters. The predicted molar refractivity (Wildman–Crippen MR) is 52.9 cm³/mol. The number of nitrogens with zero attached hydrogens (tertiary/aromatic N) is 4. The van der Waals surface area contributed by atoms with Crippen LogP contribution >= 0.6 is 0 Å². The zero-order valence-corrected chi connectivity index (χ0v) is 8.40. The summed E-state index contributed by atoms with van der Waals surface area (Å²) in [5.74, 6) is 1.50. The highest BCUT2D eigenvalue weighted by atomic mass is 15.6. The first-order chi connectivity index (χ1) is 6.86. The molecule has 1 aliphatic rings. The van der Waals surface area contributed by atoms with Crippen molar-refractivity contribution in [3.05, 3.63) is 0 Å². The SMILES string of the molecule is Cn1nnnc1NCC1CCNCC1. The smallest absolute Gasteiger partial charge is 0.242 e. The van der Waals surface area contributed by atoms with E-state index in [4.69, 9.17) is 0 Å². The van der Waals surface area contributed by atoms with Gasteiger partial charge >= 0.3 is 0 Å². The first-order valence-electron chi connectivity index (χ1n) is 5.03. The topological polar surface area (TPSA) is 67.7 Å².